The highest BCUT2D eigenvalue weighted by Gasteiger charge is 2.18. The molecule has 1 aliphatic heterocycles. The molecular formula is C21H21FN4O3. The maximum absolute atomic E-state index is 13.1. The highest BCUT2D eigenvalue weighted by Crippen LogP contribution is 2.28. The zero-order chi connectivity index (χ0) is 20.2. The van der Waals surface area contributed by atoms with Gasteiger partial charge < -0.3 is 14.4 Å². The average molecular weight is 396 g/mol. The topological polar surface area (TPSA) is 69.5 Å². The fourth-order valence-electron chi connectivity index (χ4n) is 3.16. The van der Waals surface area contributed by atoms with E-state index in [0.29, 0.717) is 49.3 Å². The van der Waals surface area contributed by atoms with E-state index >= 15 is 0 Å². The van der Waals surface area contributed by atoms with Crippen molar-refractivity contribution in [2.75, 3.05) is 31.2 Å². The number of benzene rings is 1. The Morgan fingerprint density at radius 3 is 2.69 bits per heavy atom. The third-order valence-electron chi connectivity index (χ3n) is 4.77. The van der Waals surface area contributed by atoms with E-state index < -0.39 is 0 Å². The number of nitrogens with zero attached hydrogens (tertiary/aromatic N) is 4. The number of pyridine rings is 1. The normalized spacial score (nSPS) is 14.1. The molecule has 0 amide bonds. The molecule has 0 N–H and O–H groups in total. The van der Waals surface area contributed by atoms with Crippen LogP contribution in [0.2, 0.25) is 0 Å². The Hall–Kier alpha value is -3.26. The number of morpholine rings is 1. The van der Waals surface area contributed by atoms with Crippen molar-refractivity contribution in [1.82, 2.24) is 14.5 Å². The van der Waals surface area contributed by atoms with Crippen LogP contribution in [0.3, 0.4) is 0 Å². The second-order valence-corrected chi connectivity index (χ2v) is 6.73. The number of halogens is 1. The monoisotopic (exact) mass is 396 g/mol. The maximum Gasteiger partial charge on any atom is 0.255 e. The number of anilines is 1. The van der Waals surface area contributed by atoms with Crippen LogP contribution in [0.25, 0.3) is 11.3 Å². The largest absolute Gasteiger partial charge is 0.487 e. The maximum atomic E-state index is 13.1. The van der Waals surface area contributed by atoms with Crippen LogP contribution in [-0.2, 0) is 18.4 Å². The van der Waals surface area contributed by atoms with Crippen molar-refractivity contribution in [3.8, 4) is 17.0 Å². The number of ether oxygens (including phenoxy) is 2. The molecule has 0 saturated carbocycles. The molecule has 1 saturated heterocycles. The van der Waals surface area contributed by atoms with Crippen LogP contribution in [0, 0.1) is 5.82 Å². The minimum Gasteiger partial charge on any atom is -0.487 e. The molecule has 0 radical (unpaired) electrons. The molecule has 29 heavy (non-hydrogen) atoms. The molecule has 1 fully saturated rings. The summed E-state index contributed by atoms with van der Waals surface area (Å²) in [5.41, 5.74) is 1.87. The molecule has 0 atom stereocenters. The Bertz CT molecular complexity index is 1050. The predicted molar refractivity (Wildman–Crippen MR) is 106 cm³/mol. The first-order valence-corrected chi connectivity index (χ1v) is 9.34. The van der Waals surface area contributed by atoms with Crippen LogP contribution in [0.4, 0.5) is 10.3 Å². The highest BCUT2D eigenvalue weighted by atomic mass is 19.1. The third-order valence-corrected chi connectivity index (χ3v) is 4.77. The van der Waals surface area contributed by atoms with E-state index in [0.717, 1.165) is 5.56 Å². The first-order chi connectivity index (χ1) is 14.1. The third kappa shape index (κ3) is 4.27. The molecule has 3 heterocycles. The first-order valence-electron chi connectivity index (χ1n) is 9.34. The van der Waals surface area contributed by atoms with Crippen molar-refractivity contribution >= 4 is 5.95 Å². The zero-order valence-corrected chi connectivity index (χ0v) is 16.0. The molecule has 3 aromatic rings. The van der Waals surface area contributed by atoms with Crippen molar-refractivity contribution in [3.05, 3.63) is 70.5 Å². The van der Waals surface area contributed by atoms with Crippen LogP contribution < -0.4 is 15.2 Å². The zero-order valence-electron chi connectivity index (χ0n) is 16.0. The Morgan fingerprint density at radius 1 is 1.17 bits per heavy atom. The fourth-order valence-corrected chi connectivity index (χ4v) is 3.16. The Kier molecular flexibility index (Phi) is 5.53. The van der Waals surface area contributed by atoms with E-state index in [1.54, 1.807) is 37.6 Å². The summed E-state index contributed by atoms with van der Waals surface area (Å²) in [4.78, 5) is 23.5. The van der Waals surface area contributed by atoms with Crippen molar-refractivity contribution in [3.63, 3.8) is 0 Å². The Morgan fingerprint density at radius 2 is 1.93 bits per heavy atom. The summed E-state index contributed by atoms with van der Waals surface area (Å²) >= 11 is 0. The quantitative estimate of drug-likeness (QED) is 0.660. The first kappa shape index (κ1) is 19.1. The van der Waals surface area contributed by atoms with Gasteiger partial charge in [-0.25, -0.2) is 9.37 Å². The minimum absolute atomic E-state index is 0.155. The predicted octanol–water partition coefficient (Wildman–Crippen LogP) is 2.40. The molecule has 1 aliphatic rings. The van der Waals surface area contributed by atoms with Gasteiger partial charge in [-0.1, -0.05) is 12.1 Å². The van der Waals surface area contributed by atoms with E-state index in [-0.39, 0.29) is 18.0 Å². The van der Waals surface area contributed by atoms with Gasteiger partial charge in [0.25, 0.3) is 5.56 Å². The summed E-state index contributed by atoms with van der Waals surface area (Å²) in [6.07, 6.45) is 3.22. The molecule has 4 rings (SSSR count). The second-order valence-electron chi connectivity index (χ2n) is 6.73. The minimum atomic E-state index is -0.296. The standard InChI is InChI=1S/C21H21FN4O3/c1-25-20(27)12-18(24-21(25)26-8-10-28-11-9-26)17-6-7-23-13-19(17)29-14-15-2-4-16(22)5-3-15/h2-7,12-13H,8-11,14H2,1H3. The molecule has 8 heteroatoms. The Labute approximate surface area is 167 Å². The summed E-state index contributed by atoms with van der Waals surface area (Å²) in [6.45, 7) is 2.80. The van der Waals surface area contributed by atoms with E-state index in [9.17, 15) is 9.18 Å². The molecule has 0 spiro atoms. The van der Waals surface area contributed by atoms with Crippen LogP contribution >= 0.6 is 0 Å². The smallest absolute Gasteiger partial charge is 0.255 e. The lowest BCUT2D eigenvalue weighted by atomic mass is 10.1. The lowest BCUT2D eigenvalue weighted by Crippen LogP contribution is -2.40. The molecule has 0 bridgehead atoms. The highest BCUT2D eigenvalue weighted by molar-refractivity contribution is 5.67. The van der Waals surface area contributed by atoms with Gasteiger partial charge in [-0.2, -0.15) is 0 Å². The SMILES string of the molecule is Cn1c(N2CCOCC2)nc(-c2ccncc2OCc2ccc(F)cc2)cc1=O. The number of hydrogen-bond acceptors (Lipinski definition) is 6. The lowest BCUT2D eigenvalue weighted by molar-refractivity contribution is 0.121. The molecule has 1 aromatic carbocycles. The van der Waals surface area contributed by atoms with Crippen LogP contribution in [0.15, 0.2) is 53.6 Å². The molecule has 2 aromatic heterocycles. The molecule has 150 valence electrons. The van der Waals surface area contributed by atoms with Gasteiger partial charge in [0.15, 0.2) is 0 Å². The van der Waals surface area contributed by atoms with Gasteiger partial charge in [-0.15, -0.1) is 0 Å². The van der Waals surface area contributed by atoms with Crippen molar-refractivity contribution < 1.29 is 13.9 Å². The summed E-state index contributed by atoms with van der Waals surface area (Å²) in [6, 6.07) is 9.37. The Balaban J connectivity index is 1.65. The van der Waals surface area contributed by atoms with E-state index in [2.05, 4.69) is 4.98 Å². The number of aromatic nitrogens is 3. The number of rotatable bonds is 5. The van der Waals surface area contributed by atoms with E-state index in [4.69, 9.17) is 14.5 Å². The summed E-state index contributed by atoms with van der Waals surface area (Å²) in [7, 11) is 1.71. The van der Waals surface area contributed by atoms with Crippen molar-refractivity contribution in [2.45, 2.75) is 6.61 Å². The van der Waals surface area contributed by atoms with E-state index in [1.165, 1.54) is 22.8 Å². The summed E-state index contributed by atoms with van der Waals surface area (Å²) in [5, 5.41) is 0. The molecular weight excluding hydrogens is 375 g/mol. The van der Waals surface area contributed by atoms with Gasteiger partial charge in [0, 0.05) is 38.0 Å². The lowest BCUT2D eigenvalue weighted by Gasteiger charge is -2.29. The van der Waals surface area contributed by atoms with Gasteiger partial charge in [-0.3, -0.25) is 14.3 Å². The van der Waals surface area contributed by atoms with Gasteiger partial charge >= 0.3 is 0 Å². The average Bonchev–Trinajstić information content (AvgIpc) is 2.76. The molecule has 0 aliphatic carbocycles. The van der Waals surface area contributed by atoms with Crippen LogP contribution in [0.5, 0.6) is 5.75 Å². The fraction of sp³-hybridized carbons (Fsp3) is 0.286. The second kappa shape index (κ2) is 8.40. The summed E-state index contributed by atoms with van der Waals surface area (Å²) < 4.78 is 25.9. The van der Waals surface area contributed by atoms with Crippen LogP contribution in [0.1, 0.15) is 5.56 Å². The van der Waals surface area contributed by atoms with Gasteiger partial charge in [-0.05, 0) is 23.8 Å². The van der Waals surface area contributed by atoms with Crippen molar-refractivity contribution in [2.24, 2.45) is 7.05 Å². The molecule has 0 unspecified atom stereocenters. The van der Waals surface area contributed by atoms with Crippen LogP contribution in [-0.4, -0.2) is 40.8 Å². The van der Waals surface area contributed by atoms with Gasteiger partial charge in [0.1, 0.15) is 18.2 Å². The van der Waals surface area contributed by atoms with E-state index in [1.807, 2.05) is 4.90 Å². The number of hydrogen-bond donors (Lipinski definition) is 0. The van der Waals surface area contributed by atoms with Gasteiger partial charge in [0.05, 0.1) is 25.1 Å². The molecule has 7 nitrogen and oxygen atoms in total. The van der Waals surface area contributed by atoms with Crippen molar-refractivity contribution in [1.29, 1.82) is 0 Å². The summed E-state index contributed by atoms with van der Waals surface area (Å²) in [5.74, 6) is 0.804. The van der Waals surface area contributed by atoms with Gasteiger partial charge in [0.2, 0.25) is 5.95 Å².